The zero-order chi connectivity index (χ0) is 16.8. The molecule has 0 bridgehead atoms. The van der Waals surface area contributed by atoms with E-state index in [-0.39, 0.29) is 24.3 Å². The average Bonchev–Trinajstić information content (AvgIpc) is 2.88. The first-order chi connectivity index (χ1) is 11.0. The normalized spacial score (nSPS) is 17.0. The first-order valence-corrected chi connectivity index (χ1v) is 8.57. The molecule has 1 saturated carbocycles. The van der Waals surface area contributed by atoms with Gasteiger partial charge in [-0.15, -0.1) is 0 Å². The quantitative estimate of drug-likeness (QED) is 0.806. The van der Waals surface area contributed by atoms with Gasteiger partial charge in [0.15, 0.2) is 0 Å². The summed E-state index contributed by atoms with van der Waals surface area (Å²) in [4.78, 5) is 24.1. The molecule has 1 aromatic rings. The molecule has 1 aliphatic carbocycles. The van der Waals surface area contributed by atoms with Gasteiger partial charge in [-0.05, 0) is 32.1 Å². The summed E-state index contributed by atoms with van der Waals surface area (Å²) < 4.78 is 5.26. The topological polar surface area (TPSA) is 98.2 Å². The van der Waals surface area contributed by atoms with Crippen LogP contribution in [-0.2, 0) is 11.2 Å². The lowest BCUT2D eigenvalue weighted by molar-refractivity contribution is -0.118. The van der Waals surface area contributed by atoms with E-state index in [9.17, 15) is 9.59 Å². The summed E-state index contributed by atoms with van der Waals surface area (Å²) in [6, 6.07) is -0.205. The second-order valence-corrected chi connectivity index (χ2v) is 6.46. The number of nitrogens with zero attached hydrogens (tertiary/aromatic N) is 1. The lowest BCUT2D eigenvalue weighted by atomic mass is 9.82. The molecular formula is C17H27N3O3. The number of rotatable bonds is 7. The van der Waals surface area contributed by atoms with Crippen LogP contribution >= 0.6 is 0 Å². The van der Waals surface area contributed by atoms with Gasteiger partial charge in [0.25, 0.3) is 5.91 Å². The maximum atomic E-state index is 12.7. The summed E-state index contributed by atoms with van der Waals surface area (Å²) in [5.74, 6) is 0.347. The minimum Gasteiger partial charge on any atom is -0.370 e. The first kappa shape index (κ1) is 17.5. The molecule has 128 valence electrons. The van der Waals surface area contributed by atoms with E-state index in [1.165, 1.54) is 6.42 Å². The summed E-state index contributed by atoms with van der Waals surface area (Å²) in [7, 11) is 0. The van der Waals surface area contributed by atoms with Crippen LogP contribution in [0.25, 0.3) is 0 Å². The fraction of sp³-hybridized carbons (Fsp3) is 0.706. The molecule has 2 rings (SSSR count). The van der Waals surface area contributed by atoms with E-state index < -0.39 is 0 Å². The van der Waals surface area contributed by atoms with Crippen molar-refractivity contribution in [3.05, 3.63) is 17.0 Å². The Hall–Kier alpha value is -1.85. The fourth-order valence-electron chi connectivity index (χ4n) is 3.43. The molecule has 6 heteroatoms. The highest BCUT2D eigenvalue weighted by molar-refractivity contribution is 5.96. The Kier molecular flexibility index (Phi) is 6.19. The van der Waals surface area contributed by atoms with Gasteiger partial charge in [0.1, 0.15) is 11.3 Å². The van der Waals surface area contributed by atoms with Crippen LogP contribution in [0.1, 0.15) is 73.7 Å². The van der Waals surface area contributed by atoms with Gasteiger partial charge < -0.3 is 15.6 Å². The number of nitrogens with one attached hydrogen (secondary N) is 1. The Labute approximate surface area is 137 Å². The summed E-state index contributed by atoms with van der Waals surface area (Å²) >= 11 is 0. The zero-order valence-electron chi connectivity index (χ0n) is 14.1. The first-order valence-electron chi connectivity index (χ1n) is 8.57. The number of hydrogen-bond acceptors (Lipinski definition) is 4. The molecule has 1 heterocycles. The molecule has 0 unspecified atom stereocenters. The summed E-state index contributed by atoms with van der Waals surface area (Å²) in [6.45, 7) is 3.79. The molecule has 2 amide bonds. The Morgan fingerprint density at radius 3 is 2.65 bits per heavy atom. The van der Waals surface area contributed by atoms with Gasteiger partial charge in [0.2, 0.25) is 5.91 Å². The molecule has 3 N–H and O–H groups in total. The Bertz CT molecular complexity index is 547. The number of nitrogens with two attached hydrogens (primary N) is 1. The van der Waals surface area contributed by atoms with Crippen LogP contribution in [0.3, 0.4) is 0 Å². The minimum absolute atomic E-state index is 0.184. The third-order valence-electron chi connectivity index (χ3n) is 4.59. The summed E-state index contributed by atoms with van der Waals surface area (Å²) in [5.41, 5.74) is 6.48. The van der Waals surface area contributed by atoms with E-state index in [1.54, 1.807) is 6.92 Å². The maximum absolute atomic E-state index is 12.7. The number of amides is 2. The van der Waals surface area contributed by atoms with Gasteiger partial charge in [-0.2, -0.15) is 0 Å². The summed E-state index contributed by atoms with van der Waals surface area (Å²) in [5, 5.41) is 6.93. The zero-order valence-corrected chi connectivity index (χ0v) is 14.1. The minimum atomic E-state index is -0.378. The van der Waals surface area contributed by atoms with Crippen LogP contribution in [0.15, 0.2) is 4.52 Å². The number of aryl methyl sites for hydroxylation is 2. The van der Waals surface area contributed by atoms with Crippen molar-refractivity contribution in [3.63, 3.8) is 0 Å². The summed E-state index contributed by atoms with van der Waals surface area (Å²) in [6.07, 6.45) is 7.30. The van der Waals surface area contributed by atoms with Crippen LogP contribution in [0.5, 0.6) is 0 Å². The van der Waals surface area contributed by atoms with E-state index in [0.29, 0.717) is 29.4 Å². The molecule has 0 aromatic carbocycles. The molecule has 1 fully saturated rings. The number of hydrogen-bond donors (Lipinski definition) is 2. The predicted molar refractivity (Wildman–Crippen MR) is 86.9 cm³/mol. The molecule has 1 aliphatic rings. The number of primary amides is 1. The highest BCUT2D eigenvalue weighted by atomic mass is 16.5. The molecule has 0 radical (unpaired) electrons. The standard InChI is InChI=1S/C17H27N3O3/c1-3-7-14-16(11(2)20-23-14)17(22)19-13(10-15(18)21)12-8-5-4-6-9-12/h12-13H,3-10H2,1-2H3,(H2,18,21)(H,19,22)/t13-/m0/s1. The second kappa shape index (κ2) is 8.13. The van der Waals surface area contributed by atoms with Crippen LogP contribution in [0.4, 0.5) is 0 Å². The molecule has 23 heavy (non-hydrogen) atoms. The Balaban J connectivity index is 2.13. The number of carbonyl (C=O) groups is 2. The molecule has 6 nitrogen and oxygen atoms in total. The molecule has 1 aromatic heterocycles. The molecule has 0 spiro atoms. The third-order valence-corrected chi connectivity index (χ3v) is 4.59. The highest BCUT2D eigenvalue weighted by Crippen LogP contribution is 2.28. The van der Waals surface area contributed by atoms with E-state index in [4.69, 9.17) is 10.3 Å². The Morgan fingerprint density at radius 2 is 2.04 bits per heavy atom. The van der Waals surface area contributed by atoms with E-state index in [2.05, 4.69) is 10.5 Å². The van der Waals surface area contributed by atoms with Gasteiger partial charge in [-0.25, -0.2) is 0 Å². The van der Waals surface area contributed by atoms with Gasteiger partial charge in [0.05, 0.1) is 5.69 Å². The van der Waals surface area contributed by atoms with E-state index in [1.807, 2.05) is 6.92 Å². The van der Waals surface area contributed by atoms with Crippen LogP contribution < -0.4 is 11.1 Å². The monoisotopic (exact) mass is 321 g/mol. The third kappa shape index (κ3) is 4.56. The lowest BCUT2D eigenvalue weighted by Crippen LogP contribution is -2.43. The fourth-order valence-corrected chi connectivity index (χ4v) is 3.43. The van der Waals surface area contributed by atoms with Gasteiger partial charge >= 0.3 is 0 Å². The van der Waals surface area contributed by atoms with Crippen LogP contribution in [-0.4, -0.2) is 23.0 Å². The van der Waals surface area contributed by atoms with Crippen molar-refractivity contribution in [2.45, 2.75) is 71.3 Å². The molecular weight excluding hydrogens is 294 g/mol. The Morgan fingerprint density at radius 1 is 1.35 bits per heavy atom. The SMILES string of the molecule is CCCc1onc(C)c1C(=O)N[C@@H](CC(N)=O)C1CCCCC1. The molecule has 0 saturated heterocycles. The van der Waals surface area contributed by atoms with Crippen molar-refractivity contribution >= 4 is 11.8 Å². The van der Waals surface area contributed by atoms with Crippen molar-refractivity contribution < 1.29 is 14.1 Å². The van der Waals surface area contributed by atoms with Crippen molar-refractivity contribution in [1.29, 1.82) is 0 Å². The van der Waals surface area contributed by atoms with Crippen molar-refractivity contribution in [2.24, 2.45) is 11.7 Å². The largest absolute Gasteiger partial charge is 0.370 e. The van der Waals surface area contributed by atoms with Gasteiger partial charge in [-0.3, -0.25) is 9.59 Å². The van der Waals surface area contributed by atoms with Gasteiger partial charge in [0, 0.05) is 18.9 Å². The molecule has 1 atom stereocenters. The van der Waals surface area contributed by atoms with Crippen molar-refractivity contribution in [1.82, 2.24) is 10.5 Å². The maximum Gasteiger partial charge on any atom is 0.257 e. The van der Waals surface area contributed by atoms with E-state index >= 15 is 0 Å². The second-order valence-electron chi connectivity index (χ2n) is 6.46. The van der Waals surface area contributed by atoms with Crippen LogP contribution in [0, 0.1) is 12.8 Å². The van der Waals surface area contributed by atoms with Gasteiger partial charge in [-0.1, -0.05) is 31.3 Å². The average molecular weight is 321 g/mol. The lowest BCUT2D eigenvalue weighted by Gasteiger charge is -2.30. The highest BCUT2D eigenvalue weighted by Gasteiger charge is 2.29. The molecule has 0 aliphatic heterocycles. The van der Waals surface area contributed by atoms with E-state index in [0.717, 1.165) is 32.1 Å². The smallest absolute Gasteiger partial charge is 0.257 e. The van der Waals surface area contributed by atoms with Crippen molar-refractivity contribution in [2.75, 3.05) is 0 Å². The number of aromatic nitrogens is 1. The van der Waals surface area contributed by atoms with Crippen LogP contribution in [0.2, 0.25) is 0 Å². The van der Waals surface area contributed by atoms with Crippen molar-refractivity contribution in [3.8, 4) is 0 Å². The number of carbonyl (C=O) groups excluding carboxylic acids is 2. The predicted octanol–water partition coefficient (Wildman–Crippen LogP) is 2.49.